The number of unbranched alkanes of at least 4 members (excludes halogenated alkanes) is 1. The van der Waals surface area contributed by atoms with Crippen LogP contribution in [0.4, 0.5) is 0 Å². The van der Waals surface area contributed by atoms with Crippen molar-refractivity contribution in [2.24, 2.45) is 0 Å². The fraction of sp³-hybridized carbons (Fsp3) is 1.00. The summed E-state index contributed by atoms with van der Waals surface area (Å²) in [7, 11) is 2.07. The average Bonchev–Trinajstić information content (AvgIpc) is 2.01. The third-order valence-electron chi connectivity index (χ3n) is 2.02. The van der Waals surface area contributed by atoms with Gasteiger partial charge in [0.2, 0.25) is 0 Å². The molecule has 1 unspecified atom stereocenters. The summed E-state index contributed by atoms with van der Waals surface area (Å²) < 4.78 is 0. The molecule has 12 heavy (non-hydrogen) atoms. The van der Waals surface area contributed by atoms with E-state index in [1.807, 2.05) is 0 Å². The minimum atomic E-state index is -0.124. The molecule has 0 aromatic heterocycles. The number of aliphatic hydroxyl groups excluding tert-OH is 1. The van der Waals surface area contributed by atoms with Crippen molar-refractivity contribution < 1.29 is 5.11 Å². The highest BCUT2D eigenvalue weighted by atomic mass is 16.3. The Bertz CT molecular complexity index is 95.8. The molecule has 74 valence electrons. The van der Waals surface area contributed by atoms with Gasteiger partial charge < -0.3 is 10.0 Å². The first-order valence-corrected chi connectivity index (χ1v) is 5.07. The van der Waals surface area contributed by atoms with Gasteiger partial charge in [0, 0.05) is 6.54 Å². The van der Waals surface area contributed by atoms with E-state index < -0.39 is 0 Å². The lowest BCUT2D eigenvalue weighted by Gasteiger charge is -2.19. The molecule has 0 aliphatic rings. The number of hydrogen-bond acceptors (Lipinski definition) is 2. The highest BCUT2D eigenvalue weighted by Gasteiger charge is 2.05. The predicted molar refractivity (Wildman–Crippen MR) is 53.3 cm³/mol. The molecule has 0 heterocycles. The Balaban J connectivity index is 3.33. The van der Waals surface area contributed by atoms with E-state index in [0.29, 0.717) is 0 Å². The summed E-state index contributed by atoms with van der Waals surface area (Å²) in [6, 6.07) is 0. The van der Waals surface area contributed by atoms with Crippen molar-refractivity contribution in [1.29, 1.82) is 0 Å². The fourth-order valence-corrected chi connectivity index (χ4v) is 1.36. The first-order valence-electron chi connectivity index (χ1n) is 5.07. The van der Waals surface area contributed by atoms with Gasteiger partial charge in [0.15, 0.2) is 0 Å². The highest BCUT2D eigenvalue weighted by Crippen LogP contribution is 2.01. The van der Waals surface area contributed by atoms with E-state index in [9.17, 15) is 5.11 Å². The van der Waals surface area contributed by atoms with E-state index in [4.69, 9.17) is 0 Å². The summed E-state index contributed by atoms with van der Waals surface area (Å²) in [5.74, 6) is 0. The molecular weight excluding hydrogens is 150 g/mol. The molecule has 0 rings (SSSR count). The lowest BCUT2D eigenvalue weighted by Crippen LogP contribution is -2.29. The largest absolute Gasteiger partial charge is 0.392 e. The molecule has 0 radical (unpaired) electrons. The van der Waals surface area contributed by atoms with Gasteiger partial charge in [-0.15, -0.1) is 0 Å². The number of aliphatic hydroxyl groups is 1. The lowest BCUT2D eigenvalue weighted by atomic mass is 10.1. The number of nitrogens with zero attached hydrogens (tertiary/aromatic N) is 1. The first kappa shape index (κ1) is 11.9. The second-order valence-corrected chi connectivity index (χ2v) is 3.56. The molecule has 0 aromatic rings. The standard InChI is InChI=1S/C10H23NO/c1-4-6-7-10(12)9-11(3)8-5-2/h10,12H,4-9H2,1-3H3. The van der Waals surface area contributed by atoms with E-state index in [1.54, 1.807) is 0 Å². The average molecular weight is 173 g/mol. The van der Waals surface area contributed by atoms with Crippen LogP contribution in [0, 0.1) is 0 Å². The smallest absolute Gasteiger partial charge is 0.0667 e. The molecule has 0 saturated heterocycles. The molecule has 0 bridgehead atoms. The summed E-state index contributed by atoms with van der Waals surface area (Å²) >= 11 is 0. The highest BCUT2D eigenvalue weighted by molar-refractivity contribution is 4.60. The number of rotatable bonds is 7. The second kappa shape index (κ2) is 7.56. The molecule has 0 saturated carbocycles. The van der Waals surface area contributed by atoms with Gasteiger partial charge >= 0.3 is 0 Å². The van der Waals surface area contributed by atoms with Crippen LogP contribution < -0.4 is 0 Å². The van der Waals surface area contributed by atoms with Crippen molar-refractivity contribution in [2.75, 3.05) is 20.1 Å². The maximum Gasteiger partial charge on any atom is 0.0667 e. The van der Waals surface area contributed by atoms with Crippen molar-refractivity contribution in [3.63, 3.8) is 0 Å². The zero-order chi connectivity index (χ0) is 9.40. The van der Waals surface area contributed by atoms with Crippen molar-refractivity contribution in [2.45, 2.75) is 45.6 Å². The van der Waals surface area contributed by atoms with Crippen LogP contribution in [0.1, 0.15) is 39.5 Å². The van der Waals surface area contributed by atoms with Crippen LogP contribution >= 0.6 is 0 Å². The van der Waals surface area contributed by atoms with Crippen LogP contribution in [-0.4, -0.2) is 36.2 Å². The van der Waals surface area contributed by atoms with Crippen LogP contribution in [0.3, 0.4) is 0 Å². The lowest BCUT2D eigenvalue weighted by molar-refractivity contribution is 0.116. The number of hydrogen-bond donors (Lipinski definition) is 1. The SMILES string of the molecule is CCCCC(O)CN(C)CCC. The van der Waals surface area contributed by atoms with Crippen molar-refractivity contribution >= 4 is 0 Å². The Hall–Kier alpha value is -0.0800. The molecular formula is C10H23NO. The molecule has 0 aliphatic heterocycles. The van der Waals surface area contributed by atoms with Gasteiger partial charge in [0.05, 0.1) is 6.10 Å². The van der Waals surface area contributed by atoms with E-state index in [0.717, 1.165) is 32.4 Å². The van der Waals surface area contributed by atoms with Gasteiger partial charge in [0.25, 0.3) is 0 Å². The van der Waals surface area contributed by atoms with Gasteiger partial charge in [-0.3, -0.25) is 0 Å². The van der Waals surface area contributed by atoms with Crippen molar-refractivity contribution in [1.82, 2.24) is 4.90 Å². The van der Waals surface area contributed by atoms with Gasteiger partial charge in [-0.25, -0.2) is 0 Å². The quantitative estimate of drug-likeness (QED) is 0.635. The molecule has 1 atom stereocenters. The van der Waals surface area contributed by atoms with Gasteiger partial charge in [-0.05, 0) is 26.4 Å². The summed E-state index contributed by atoms with van der Waals surface area (Å²) in [4.78, 5) is 2.19. The molecule has 0 aliphatic carbocycles. The van der Waals surface area contributed by atoms with Gasteiger partial charge in [0.1, 0.15) is 0 Å². The summed E-state index contributed by atoms with van der Waals surface area (Å²) in [6.07, 6.45) is 4.30. The molecule has 0 amide bonds. The predicted octanol–water partition coefficient (Wildman–Crippen LogP) is 1.88. The number of likely N-dealkylation sites (N-methyl/N-ethyl adjacent to an activating group) is 1. The van der Waals surface area contributed by atoms with Crippen LogP contribution in [0.15, 0.2) is 0 Å². The van der Waals surface area contributed by atoms with Crippen molar-refractivity contribution in [3.05, 3.63) is 0 Å². The topological polar surface area (TPSA) is 23.5 Å². The molecule has 2 nitrogen and oxygen atoms in total. The Kier molecular flexibility index (Phi) is 7.51. The Labute approximate surface area is 76.6 Å². The van der Waals surface area contributed by atoms with Crippen LogP contribution in [0.25, 0.3) is 0 Å². The molecule has 1 N–H and O–H groups in total. The van der Waals surface area contributed by atoms with E-state index in [1.165, 1.54) is 6.42 Å². The minimum absolute atomic E-state index is 0.124. The molecule has 2 heteroatoms. The van der Waals surface area contributed by atoms with Crippen LogP contribution in [-0.2, 0) is 0 Å². The third-order valence-corrected chi connectivity index (χ3v) is 2.02. The maximum absolute atomic E-state index is 9.54. The fourth-order valence-electron chi connectivity index (χ4n) is 1.36. The zero-order valence-corrected chi connectivity index (χ0v) is 8.71. The van der Waals surface area contributed by atoms with Crippen LogP contribution in [0.2, 0.25) is 0 Å². The zero-order valence-electron chi connectivity index (χ0n) is 8.71. The Morgan fingerprint density at radius 1 is 1.25 bits per heavy atom. The minimum Gasteiger partial charge on any atom is -0.392 e. The summed E-state index contributed by atoms with van der Waals surface area (Å²) in [5, 5.41) is 9.54. The molecule has 0 spiro atoms. The molecule has 0 aromatic carbocycles. The van der Waals surface area contributed by atoms with E-state index in [2.05, 4.69) is 25.8 Å². The van der Waals surface area contributed by atoms with E-state index >= 15 is 0 Å². The van der Waals surface area contributed by atoms with E-state index in [-0.39, 0.29) is 6.10 Å². The molecule has 0 fully saturated rings. The maximum atomic E-state index is 9.54. The van der Waals surface area contributed by atoms with Crippen molar-refractivity contribution in [3.8, 4) is 0 Å². The monoisotopic (exact) mass is 173 g/mol. The normalized spacial score (nSPS) is 13.8. The van der Waals surface area contributed by atoms with Gasteiger partial charge in [-0.2, -0.15) is 0 Å². The Morgan fingerprint density at radius 2 is 1.92 bits per heavy atom. The van der Waals surface area contributed by atoms with Crippen LogP contribution in [0.5, 0.6) is 0 Å². The Morgan fingerprint density at radius 3 is 2.42 bits per heavy atom. The van der Waals surface area contributed by atoms with Gasteiger partial charge in [-0.1, -0.05) is 26.7 Å². The summed E-state index contributed by atoms with van der Waals surface area (Å²) in [5.41, 5.74) is 0. The second-order valence-electron chi connectivity index (χ2n) is 3.56. The summed E-state index contributed by atoms with van der Waals surface area (Å²) in [6.45, 7) is 6.23. The first-order chi connectivity index (χ1) is 5.70. The third kappa shape index (κ3) is 6.62.